The molecule has 0 rings (SSSR count). The van der Waals surface area contributed by atoms with Crippen molar-refractivity contribution < 1.29 is 60.3 Å². The van der Waals surface area contributed by atoms with Gasteiger partial charge in [0, 0.05) is 0 Å². The number of hydrogen-bond donors (Lipinski definition) is 6. The van der Waals surface area contributed by atoms with Crippen molar-refractivity contribution in [3.8, 4) is 0 Å². The predicted molar refractivity (Wildman–Crippen MR) is 39.3 cm³/mol. The summed E-state index contributed by atoms with van der Waals surface area (Å²) in [7, 11) is 0. The molecule has 6 N–H and O–H groups in total. The predicted octanol–water partition coefficient (Wildman–Crippen LogP) is -3.40. The average molecular weight is 309 g/mol. The Morgan fingerprint density at radius 3 is 1.07 bits per heavy atom. The summed E-state index contributed by atoms with van der Waals surface area (Å²) in [6.07, 6.45) is -9.28. The van der Waals surface area contributed by atoms with Gasteiger partial charge in [-0.3, -0.25) is 0 Å². The van der Waals surface area contributed by atoms with Crippen molar-refractivity contribution in [2.75, 3.05) is 0 Å². The second kappa shape index (κ2) is 6.83. The molecule has 0 fully saturated rings. The fourth-order valence-electron chi connectivity index (χ4n) is 0.666. The minimum Gasteiger partial charge on any atom is -0.479 e. The van der Waals surface area contributed by atoms with E-state index < -0.39 is 36.4 Å². The summed E-state index contributed by atoms with van der Waals surface area (Å²) in [5, 5.41) is 51.5. The molecule has 0 aromatic heterocycles. The van der Waals surface area contributed by atoms with Crippen molar-refractivity contribution in [1.29, 1.82) is 0 Å². The molecule has 0 aromatic rings. The van der Waals surface area contributed by atoms with Gasteiger partial charge in [-0.25, -0.2) is 9.59 Å². The number of hydrogen-bond acceptors (Lipinski definition) is 6. The molecule has 85 valence electrons. The molecule has 0 aliphatic rings. The van der Waals surface area contributed by atoms with E-state index in [-0.39, 0.29) is 20.1 Å². The third-order valence-corrected chi connectivity index (χ3v) is 1.50. The van der Waals surface area contributed by atoms with Crippen LogP contribution in [0.4, 0.5) is 0 Å². The number of carboxylic acids is 2. The molecule has 0 spiro atoms. The van der Waals surface area contributed by atoms with E-state index in [0.29, 0.717) is 0 Å². The van der Waals surface area contributed by atoms with Crippen LogP contribution in [0.3, 0.4) is 0 Å². The molecule has 1 radical (unpaired) electrons. The van der Waals surface area contributed by atoms with Crippen LogP contribution < -0.4 is 0 Å². The molecule has 0 saturated carbocycles. The molecule has 0 amide bonds. The summed E-state index contributed by atoms with van der Waals surface area (Å²) in [4.78, 5) is 20.2. The number of aliphatic hydroxyl groups excluding tert-OH is 4. The van der Waals surface area contributed by atoms with E-state index in [9.17, 15) is 9.59 Å². The molecule has 0 aliphatic heterocycles. The first-order valence-electron chi connectivity index (χ1n) is 3.47. The smallest absolute Gasteiger partial charge is 0.479 e. The number of carboxylic acid groups (broad SMARTS) is 2. The SMILES string of the molecule is O=C(O)C(O)C(O)C(O)C(O)C(=O)O.[99Tc+4]. The van der Waals surface area contributed by atoms with E-state index in [1.165, 1.54) is 0 Å². The monoisotopic (exact) mass is 309 g/mol. The van der Waals surface area contributed by atoms with Crippen LogP contribution in [0.5, 0.6) is 0 Å². The molecule has 0 heterocycles. The zero-order valence-electron chi connectivity index (χ0n) is 7.19. The average Bonchev–Trinajstić information content (AvgIpc) is 2.12. The Bertz CT molecular complexity index is 207. The largest absolute Gasteiger partial charge is 4.00 e. The first kappa shape index (κ1) is 16.8. The fourth-order valence-corrected chi connectivity index (χ4v) is 0.666. The Balaban J connectivity index is 0. The maximum Gasteiger partial charge on any atom is 4.00 e. The molecule has 8 nitrogen and oxygen atoms in total. The van der Waals surface area contributed by atoms with Gasteiger partial charge in [0.15, 0.2) is 12.2 Å². The van der Waals surface area contributed by atoms with Crippen molar-refractivity contribution in [2.45, 2.75) is 24.4 Å². The van der Waals surface area contributed by atoms with E-state index in [0.717, 1.165) is 0 Å². The van der Waals surface area contributed by atoms with E-state index in [4.69, 9.17) is 30.6 Å². The minimum atomic E-state index is -2.36. The van der Waals surface area contributed by atoms with Crippen LogP contribution >= 0.6 is 0 Å². The van der Waals surface area contributed by atoms with Gasteiger partial charge >= 0.3 is 32.0 Å². The Hall–Kier alpha value is -0.571. The molecule has 4 atom stereocenters. The third-order valence-electron chi connectivity index (χ3n) is 1.50. The molecule has 0 bridgehead atoms. The zero-order valence-corrected chi connectivity index (χ0v) is 9.05. The van der Waals surface area contributed by atoms with Gasteiger partial charge in [-0.05, 0) is 0 Å². The topological polar surface area (TPSA) is 156 Å². The van der Waals surface area contributed by atoms with Crippen molar-refractivity contribution in [3.05, 3.63) is 0 Å². The number of aliphatic carboxylic acids is 2. The van der Waals surface area contributed by atoms with Gasteiger partial charge in [-0.2, -0.15) is 0 Å². The van der Waals surface area contributed by atoms with E-state index in [1.807, 2.05) is 0 Å². The van der Waals surface area contributed by atoms with Crippen molar-refractivity contribution >= 4 is 11.9 Å². The molecule has 9 heteroatoms. The quantitative estimate of drug-likeness (QED) is 0.307. The minimum absolute atomic E-state index is 0. The van der Waals surface area contributed by atoms with Crippen LogP contribution in [-0.2, 0) is 29.7 Å². The molecular formula is C6H10O8Tc+4. The van der Waals surface area contributed by atoms with Crippen LogP contribution in [-0.4, -0.2) is 67.0 Å². The molecule has 0 saturated heterocycles. The maximum atomic E-state index is 10.1. The summed E-state index contributed by atoms with van der Waals surface area (Å²) in [5.41, 5.74) is 0. The van der Waals surface area contributed by atoms with Crippen LogP contribution in [0.15, 0.2) is 0 Å². The van der Waals surface area contributed by atoms with Gasteiger partial charge < -0.3 is 30.6 Å². The summed E-state index contributed by atoms with van der Waals surface area (Å²) in [6, 6.07) is 0. The van der Waals surface area contributed by atoms with Crippen LogP contribution in [0.1, 0.15) is 0 Å². The zero-order chi connectivity index (χ0) is 11.5. The van der Waals surface area contributed by atoms with Gasteiger partial charge in [0.1, 0.15) is 12.2 Å². The van der Waals surface area contributed by atoms with E-state index >= 15 is 0 Å². The Morgan fingerprint density at radius 1 is 0.733 bits per heavy atom. The van der Waals surface area contributed by atoms with Gasteiger partial charge in [0.2, 0.25) is 0 Å². The van der Waals surface area contributed by atoms with Crippen LogP contribution in [0, 0.1) is 0 Å². The third kappa shape index (κ3) is 4.65. The van der Waals surface area contributed by atoms with E-state index in [1.54, 1.807) is 0 Å². The molecule has 0 aromatic carbocycles. The molecular weight excluding hydrogens is 299 g/mol. The van der Waals surface area contributed by atoms with Crippen LogP contribution in [0.25, 0.3) is 0 Å². The Kier molecular flexibility index (Phi) is 7.67. The summed E-state index contributed by atoms with van der Waals surface area (Å²) in [5.74, 6) is -3.68. The van der Waals surface area contributed by atoms with Gasteiger partial charge in [0.25, 0.3) is 0 Å². The Morgan fingerprint density at radius 2 is 0.933 bits per heavy atom. The van der Waals surface area contributed by atoms with Gasteiger partial charge in [-0.15, -0.1) is 0 Å². The fraction of sp³-hybridized carbons (Fsp3) is 0.667. The number of aliphatic hydroxyl groups is 4. The first-order chi connectivity index (χ1) is 6.29. The molecule has 0 aliphatic carbocycles. The summed E-state index contributed by atoms with van der Waals surface area (Å²) < 4.78 is 0. The first-order valence-corrected chi connectivity index (χ1v) is 3.47. The standard InChI is InChI=1S/C6H10O8.Tc/c7-1(3(9)5(11)12)2(8)4(10)6(13)14;/h1-4,7-10H,(H,11,12)(H,13,14);/q;+4/i;1+1. The van der Waals surface area contributed by atoms with Crippen molar-refractivity contribution in [3.63, 3.8) is 0 Å². The van der Waals surface area contributed by atoms with Gasteiger partial charge in [0.05, 0.1) is 0 Å². The normalized spacial score (nSPS) is 18.1. The van der Waals surface area contributed by atoms with E-state index in [2.05, 4.69) is 0 Å². The van der Waals surface area contributed by atoms with Gasteiger partial charge in [-0.1, -0.05) is 0 Å². The Labute approximate surface area is 97.1 Å². The number of carbonyl (C=O) groups is 2. The maximum absolute atomic E-state index is 10.1. The van der Waals surface area contributed by atoms with Crippen LogP contribution in [0.2, 0.25) is 0 Å². The van der Waals surface area contributed by atoms with Crippen molar-refractivity contribution in [2.24, 2.45) is 0 Å². The molecule has 4 unspecified atom stereocenters. The van der Waals surface area contributed by atoms with Crippen molar-refractivity contribution in [1.82, 2.24) is 0 Å². The second-order valence-electron chi connectivity index (χ2n) is 2.55. The number of rotatable bonds is 5. The second-order valence-corrected chi connectivity index (χ2v) is 2.55. The summed E-state index contributed by atoms with van der Waals surface area (Å²) >= 11 is 0. The molecule has 15 heavy (non-hydrogen) atoms. The summed E-state index contributed by atoms with van der Waals surface area (Å²) in [6.45, 7) is 0.